The minimum absolute atomic E-state index is 0.0277. The first-order chi connectivity index (χ1) is 27.6. The lowest BCUT2D eigenvalue weighted by atomic mass is 10.1. The molecule has 58 heavy (non-hydrogen) atoms. The molecule has 0 unspecified atom stereocenters. The molecule has 0 saturated carbocycles. The zero-order valence-electron chi connectivity index (χ0n) is 34.8. The number of para-hydroxylation sites is 1. The fraction of sp³-hybridized carbons (Fsp3) is 0.400. The Morgan fingerprint density at radius 2 is 1.55 bits per heavy atom. The molecule has 7 rings (SSSR count). The van der Waals surface area contributed by atoms with Crippen molar-refractivity contribution in [1.82, 2.24) is 24.2 Å². The van der Waals surface area contributed by atoms with Crippen molar-refractivity contribution >= 4 is 48.7 Å². The average Bonchev–Trinajstić information content (AvgIpc) is 3.69. The molecule has 4 aromatic carbocycles. The van der Waals surface area contributed by atoms with Crippen molar-refractivity contribution in [3.05, 3.63) is 117 Å². The van der Waals surface area contributed by atoms with E-state index in [-0.39, 0.29) is 53.0 Å². The number of benzene rings is 4. The summed E-state index contributed by atoms with van der Waals surface area (Å²) in [6.45, 7) is 17.7. The molecule has 1 aliphatic heterocycles. The van der Waals surface area contributed by atoms with Crippen molar-refractivity contribution in [1.29, 1.82) is 0 Å². The number of aliphatic hydroxyl groups is 1. The Morgan fingerprint density at radius 1 is 0.879 bits per heavy atom. The number of β-amino-alcohol motifs (C(OH)–C–C–N with tert-alkyl or cyclic N) is 1. The lowest BCUT2D eigenvalue weighted by Gasteiger charge is -2.43. The molecule has 306 valence electrons. The van der Waals surface area contributed by atoms with Crippen molar-refractivity contribution in [2.45, 2.75) is 96.9 Å². The van der Waals surface area contributed by atoms with Crippen LogP contribution in [0, 0.1) is 0 Å². The summed E-state index contributed by atoms with van der Waals surface area (Å²) in [6.07, 6.45) is 0.328. The van der Waals surface area contributed by atoms with E-state index in [1.165, 1.54) is 4.57 Å². The highest BCUT2D eigenvalue weighted by Gasteiger charge is 2.50. The second-order valence-corrected chi connectivity index (χ2v) is 27.9. The van der Waals surface area contributed by atoms with E-state index < -0.39 is 22.0 Å². The third kappa shape index (κ3) is 8.16. The smallest absolute Gasteiger partial charge is 0.279 e. The minimum Gasteiger partial charge on any atom is -0.505 e. The maximum atomic E-state index is 14.6. The van der Waals surface area contributed by atoms with Gasteiger partial charge in [0.1, 0.15) is 23.7 Å². The van der Waals surface area contributed by atoms with E-state index in [4.69, 9.17) is 14.1 Å². The molecule has 1 aliphatic rings. The van der Waals surface area contributed by atoms with Crippen LogP contribution in [0.15, 0.2) is 101 Å². The number of fused-ring (bicyclic) bond motifs is 2. The van der Waals surface area contributed by atoms with E-state index in [1.807, 2.05) is 48.5 Å². The van der Waals surface area contributed by atoms with Gasteiger partial charge in [0.2, 0.25) is 0 Å². The highest BCUT2D eigenvalue weighted by molar-refractivity contribution is 6.99. The molecule has 11 nitrogen and oxygen atoms in total. The number of likely N-dealkylation sites (tertiary alicyclic amines) is 1. The maximum Gasteiger partial charge on any atom is 0.279 e. The molecule has 0 aliphatic carbocycles. The SMILES string of the molecule is C[C@@H]1C[C@@H](O)CN1CCn1[nH]c2c(-c3nc4c(O)c(CO[Si](c5ccccc5)(c5ccccc5)C(C)(C)C)ccc4n(COCC[Si](C)(C)C)c3=O)cccc2c1=O. The van der Waals surface area contributed by atoms with E-state index in [2.05, 4.69) is 81.6 Å². The average molecular weight is 820 g/mol. The second-order valence-electron chi connectivity index (χ2n) is 18.0. The number of hydrogen-bond donors (Lipinski definition) is 3. The van der Waals surface area contributed by atoms with Gasteiger partial charge in [-0.2, -0.15) is 0 Å². The molecule has 0 spiro atoms. The van der Waals surface area contributed by atoms with Crippen LogP contribution < -0.4 is 21.5 Å². The number of ether oxygens (including phenoxy) is 1. The standard InChI is InChI=1S/C45H57N5O6Si2/c1-31-27-33(51)28-48(31)23-24-50-43(53)37-20-14-19-36(39(37)47-50)40-44(54)49(30-55-25-26-57(5,6)7)38-22-21-32(42(52)41(38)46-40)29-56-58(45(2,3)4,34-15-10-8-11-16-34)35-17-12-9-13-18-35/h8-22,31,33,47,51-52H,23-30H2,1-7H3/t31-,33-/m1/s1. The number of nitrogens with zero attached hydrogens (tertiary/aromatic N) is 4. The van der Waals surface area contributed by atoms with Crippen LogP contribution in [0.25, 0.3) is 33.2 Å². The van der Waals surface area contributed by atoms with Crippen molar-refractivity contribution in [2.75, 3.05) is 19.7 Å². The van der Waals surface area contributed by atoms with Gasteiger partial charge in [0, 0.05) is 44.9 Å². The lowest BCUT2D eigenvalue weighted by Crippen LogP contribution is -2.66. The van der Waals surface area contributed by atoms with Crippen molar-refractivity contribution in [3.63, 3.8) is 0 Å². The van der Waals surface area contributed by atoms with Gasteiger partial charge in [-0.15, -0.1) is 0 Å². The topological polar surface area (TPSA) is 135 Å². The van der Waals surface area contributed by atoms with Gasteiger partial charge in [-0.3, -0.25) is 28.8 Å². The number of phenolic OH excluding ortho intramolecular Hbond substituents is 1. The number of aromatic nitrogens is 4. The first kappa shape index (κ1) is 41.5. The van der Waals surface area contributed by atoms with Gasteiger partial charge in [0.25, 0.3) is 19.4 Å². The van der Waals surface area contributed by atoms with E-state index in [0.717, 1.165) is 16.4 Å². The first-order valence-corrected chi connectivity index (χ1v) is 25.9. The molecular formula is C45H57N5O6Si2. The fourth-order valence-corrected chi connectivity index (χ4v) is 13.7. The third-order valence-corrected chi connectivity index (χ3v) is 18.3. The number of phenols is 1. The summed E-state index contributed by atoms with van der Waals surface area (Å²) in [5.41, 5.74) is 1.67. The van der Waals surface area contributed by atoms with Crippen LogP contribution >= 0.6 is 0 Å². The van der Waals surface area contributed by atoms with Crippen molar-refractivity contribution in [2.24, 2.45) is 0 Å². The maximum absolute atomic E-state index is 14.6. The molecule has 2 atom stereocenters. The van der Waals surface area contributed by atoms with Gasteiger partial charge < -0.3 is 19.4 Å². The summed E-state index contributed by atoms with van der Waals surface area (Å²) in [7, 11) is -4.37. The van der Waals surface area contributed by atoms with Crippen LogP contribution in [0.2, 0.25) is 30.7 Å². The van der Waals surface area contributed by atoms with Crippen LogP contribution in [0.4, 0.5) is 0 Å². The molecule has 2 aromatic heterocycles. The number of H-pyrrole nitrogens is 1. The quantitative estimate of drug-likeness (QED) is 0.0868. The highest BCUT2D eigenvalue weighted by atomic mass is 28.4. The number of aromatic amines is 1. The number of nitrogens with one attached hydrogen (secondary N) is 1. The third-order valence-electron chi connectivity index (χ3n) is 11.6. The Balaban J connectivity index is 1.32. The van der Waals surface area contributed by atoms with Gasteiger partial charge in [-0.25, -0.2) is 4.98 Å². The zero-order chi connectivity index (χ0) is 41.4. The normalized spacial score (nSPS) is 16.8. The van der Waals surface area contributed by atoms with Crippen LogP contribution in [-0.2, 0) is 29.0 Å². The van der Waals surface area contributed by atoms with Crippen LogP contribution in [0.5, 0.6) is 5.75 Å². The van der Waals surface area contributed by atoms with Gasteiger partial charge >= 0.3 is 0 Å². The summed E-state index contributed by atoms with van der Waals surface area (Å²) in [5, 5.41) is 28.0. The van der Waals surface area contributed by atoms with Crippen LogP contribution in [-0.4, -0.2) is 82.7 Å². The van der Waals surface area contributed by atoms with Gasteiger partial charge in [0.05, 0.1) is 35.7 Å². The molecule has 3 N–H and O–H groups in total. The lowest BCUT2D eigenvalue weighted by molar-refractivity contribution is 0.0878. The largest absolute Gasteiger partial charge is 0.505 e. The summed E-state index contributed by atoms with van der Waals surface area (Å²) < 4.78 is 16.5. The van der Waals surface area contributed by atoms with Crippen LogP contribution in [0.1, 0.15) is 39.7 Å². The zero-order valence-corrected chi connectivity index (χ0v) is 36.8. The summed E-state index contributed by atoms with van der Waals surface area (Å²) in [6, 6.07) is 30.8. The minimum atomic E-state index is -2.95. The Kier molecular flexibility index (Phi) is 11.8. The van der Waals surface area contributed by atoms with E-state index >= 15 is 0 Å². The molecule has 0 amide bonds. The monoisotopic (exact) mass is 819 g/mol. The van der Waals surface area contributed by atoms with Crippen molar-refractivity contribution in [3.8, 4) is 17.0 Å². The van der Waals surface area contributed by atoms with Crippen molar-refractivity contribution < 1.29 is 19.4 Å². The van der Waals surface area contributed by atoms with E-state index in [9.17, 15) is 19.8 Å². The predicted octanol–water partition coefficient (Wildman–Crippen LogP) is 6.26. The highest BCUT2D eigenvalue weighted by Crippen LogP contribution is 2.39. The number of rotatable bonds is 14. The Hall–Kier alpha value is -4.64. The molecule has 13 heteroatoms. The molecule has 1 saturated heterocycles. The molecule has 1 fully saturated rings. The van der Waals surface area contributed by atoms with Gasteiger partial charge in [-0.05, 0) is 46.9 Å². The summed E-state index contributed by atoms with van der Waals surface area (Å²) >= 11 is 0. The molecule has 3 heterocycles. The van der Waals surface area contributed by atoms with E-state index in [0.29, 0.717) is 60.2 Å². The molecule has 0 bridgehead atoms. The Bertz CT molecular complexity index is 2470. The number of aromatic hydroxyl groups is 1. The van der Waals surface area contributed by atoms with E-state index in [1.54, 1.807) is 22.9 Å². The first-order valence-electron chi connectivity index (χ1n) is 20.3. The summed E-state index contributed by atoms with van der Waals surface area (Å²) in [4.78, 5) is 35.3. The number of aliphatic hydroxyl groups excluding tert-OH is 1. The Labute approximate surface area is 342 Å². The van der Waals surface area contributed by atoms with Crippen LogP contribution in [0.3, 0.4) is 0 Å². The van der Waals surface area contributed by atoms with Gasteiger partial charge in [-0.1, -0.05) is 119 Å². The van der Waals surface area contributed by atoms with Gasteiger partial charge in [0.15, 0.2) is 0 Å². The second kappa shape index (κ2) is 16.5. The number of hydrogen-bond acceptors (Lipinski definition) is 8. The predicted molar refractivity (Wildman–Crippen MR) is 237 cm³/mol. The molecule has 6 aromatic rings. The summed E-state index contributed by atoms with van der Waals surface area (Å²) in [5.74, 6) is -0.0762. The molecule has 0 radical (unpaired) electrons. The fourth-order valence-electron chi connectivity index (χ4n) is 8.38. The Morgan fingerprint density at radius 3 is 2.16 bits per heavy atom. The molecular weight excluding hydrogens is 763 g/mol.